The fraction of sp³-hybridized carbons (Fsp3) is 1.00. The minimum atomic E-state index is 0. The zero-order valence-electron chi connectivity index (χ0n) is 8.52. The number of aliphatic hydroxyl groups excluding tert-OH is 1. The Labute approximate surface area is 84.6 Å². The summed E-state index contributed by atoms with van der Waals surface area (Å²) < 4.78 is 0. The predicted octanol–water partition coefficient (Wildman–Crippen LogP) is 4.15. The van der Waals surface area contributed by atoms with Crippen LogP contribution in [0.15, 0.2) is 0 Å². The fourth-order valence-electron chi connectivity index (χ4n) is 1.42. The lowest BCUT2D eigenvalue weighted by Crippen LogP contribution is -1.84. The van der Waals surface area contributed by atoms with Crippen LogP contribution in [0.5, 0.6) is 0 Å². The number of hydrogen-bond acceptors (Lipinski definition) is 1. The first-order valence-electron chi connectivity index (χ1n) is 5.52. The van der Waals surface area contributed by atoms with Gasteiger partial charge in [0.05, 0.1) is 0 Å². The zero-order chi connectivity index (χ0) is 9.07. The Kier molecular flexibility index (Phi) is 17.2. The first kappa shape index (κ1) is 15.4. The van der Waals surface area contributed by atoms with Crippen LogP contribution in [-0.2, 0) is 0 Å². The van der Waals surface area contributed by atoms with Gasteiger partial charge in [-0.1, -0.05) is 65.7 Å². The van der Waals surface area contributed by atoms with E-state index in [2.05, 4.69) is 6.92 Å². The molecule has 0 aromatic rings. The minimum Gasteiger partial charge on any atom is -0.396 e. The first-order chi connectivity index (χ1) is 5.91. The Hall–Kier alpha value is -0.0400. The molecule has 0 aliphatic heterocycles. The second kappa shape index (κ2) is 14.5. The number of rotatable bonds is 9. The van der Waals surface area contributed by atoms with Gasteiger partial charge in [0.15, 0.2) is 0 Å². The highest BCUT2D eigenvalue weighted by atomic mass is 16.2. The van der Waals surface area contributed by atoms with Crippen molar-refractivity contribution in [1.82, 2.24) is 0 Å². The van der Waals surface area contributed by atoms with E-state index in [0.29, 0.717) is 6.61 Å². The summed E-state index contributed by atoms with van der Waals surface area (Å²) in [6.45, 7) is 2.62. The summed E-state index contributed by atoms with van der Waals surface area (Å²) in [5, 5.41) is 8.54. The van der Waals surface area contributed by atoms with Crippen LogP contribution in [0.25, 0.3) is 0 Å². The van der Waals surface area contributed by atoms with Crippen molar-refractivity contribution in [2.45, 2.75) is 72.1 Å². The smallest absolute Gasteiger partial charge is 0.0431 e. The number of aliphatic hydroxyl groups is 1. The van der Waals surface area contributed by atoms with Gasteiger partial charge in [-0.05, 0) is 6.42 Å². The summed E-state index contributed by atoms with van der Waals surface area (Å²) in [7, 11) is 0. The van der Waals surface area contributed by atoms with E-state index < -0.39 is 0 Å². The third-order valence-corrected chi connectivity index (χ3v) is 2.26. The average Bonchev–Trinajstić information content (AvgIpc) is 2.10. The van der Waals surface area contributed by atoms with E-state index >= 15 is 0 Å². The van der Waals surface area contributed by atoms with Crippen molar-refractivity contribution in [3.05, 3.63) is 0 Å². The maximum atomic E-state index is 8.54. The van der Waals surface area contributed by atoms with Gasteiger partial charge in [-0.2, -0.15) is 0 Å². The molecule has 1 N–H and O–H groups in total. The molecule has 0 aromatic heterocycles. The van der Waals surface area contributed by atoms with Gasteiger partial charge in [-0.25, -0.2) is 0 Å². The molecule has 0 aliphatic rings. The highest BCUT2D eigenvalue weighted by molar-refractivity contribution is 4.45. The topological polar surface area (TPSA) is 20.2 Å². The van der Waals surface area contributed by atoms with Gasteiger partial charge in [0, 0.05) is 6.61 Å². The number of hydrogen-bond donors (Lipinski definition) is 1. The second-order valence-corrected chi connectivity index (χ2v) is 3.55. The molecule has 0 aromatic carbocycles. The zero-order valence-corrected chi connectivity index (χ0v) is 8.52. The van der Waals surface area contributed by atoms with Crippen molar-refractivity contribution in [2.75, 3.05) is 6.61 Å². The highest BCUT2D eigenvalue weighted by Gasteiger charge is 1.90. The molecule has 13 heavy (non-hydrogen) atoms. The quantitative estimate of drug-likeness (QED) is 0.539. The van der Waals surface area contributed by atoms with Crippen LogP contribution in [0.3, 0.4) is 0 Å². The van der Waals surface area contributed by atoms with Crippen molar-refractivity contribution >= 4 is 0 Å². The summed E-state index contributed by atoms with van der Waals surface area (Å²) in [6, 6.07) is 0. The first-order valence-corrected chi connectivity index (χ1v) is 5.52. The Morgan fingerprint density at radius 1 is 0.692 bits per heavy atom. The Morgan fingerprint density at radius 3 is 1.46 bits per heavy atom. The Balaban J connectivity index is 0. The lowest BCUT2D eigenvalue weighted by Gasteiger charge is -1.99. The highest BCUT2D eigenvalue weighted by Crippen LogP contribution is 2.08. The van der Waals surface area contributed by atoms with Crippen LogP contribution in [0, 0.1) is 0 Å². The molecule has 0 unspecified atom stereocenters. The lowest BCUT2D eigenvalue weighted by atomic mass is 10.1. The monoisotopic (exact) mass is 188 g/mol. The SMILES string of the molecule is C.CCCCCCCCCCCO. The van der Waals surface area contributed by atoms with Crippen LogP contribution in [0.1, 0.15) is 72.1 Å². The second-order valence-electron chi connectivity index (χ2n) is 3.55. The normalized spacial score (nSPS) is 9.69. The van der Waals surface area contributed by atoms with Crippen LogP contribution in [0.2, 0.25) is 0 Å². The molecule has 1 nitrogen and oxygen atoms in total. The predicted molar refractivity (Wildman–Crippen MR) is 61.0 cm³/mol. The van der Waals surface area contributed by atoms with Gasteiger partial charge >= 0.3 is 0 Å². The largest absolute Gasteiger partial charge is 0.396 e. The number of unbranched alkanes of at least 4 members (excludes halogenated alkanes) is 8. The Morgan fingerprint density at radius 2 is 1.08 bits per heavy atom. The van der Waals surface area contributed by atoms with Crippen LogP contribution in [-0.4, -0.2) is 11.7 Å². The average molecular weight is 188 g/mol. The fourth-order valence-corrected chi connectivity index (χ4v) is 1.42. The molecule has 82 valence electrons. The summed E-state index contributed by atoms with van der Waals surface area (Å²) >= 11 is 0. The van der Waals surface area contributed by atoms with Crippen LogP contribution >= 0.6 is 0 Å². The standard InChI is InChI=1S/C11H24O.CH4/c1-2-3-4-5-6-7-8-9-10-11-12;/h12H,2-11H2,1H3;1H4. The summed E-state index contributed by atoms with van der Waals surface area (Å²) in [6.07, 6.45) is 11.8. The van der Waals surface area contributed by atoms with Gasteiger partial charge in [0.25, 0.3) is 0 Å². The van der Waals surface area contributed by atoms with E-state index in [1.54, 1.807) is 0 Å². The summed E-state index contributed by atoms with van der Waals surface area (Å²) in [5.41, 5.74) is 0. The molecular weight excluding hydrogens is 160 g/mol. The molecule has 0 bridgehead atoms. The maximum Gasteiger partial charge on any atom is 0.0431 e. The van der Waals surface area contributed by atoms with E-state index in [9.17, 15) is 0 Å². The minimum absolute atomic E-state index is 0. The van der Waals surface area contributed by atoms with Gasteiger partial charge in [0.1, 0.15) is 0 Å². The molecular formula is C12H28O. The molecule has 0 rings (SSSR count). The van der Waals surface area contributed by atoms with Gasteiger partial charge in [-0.3, -0.25) is 0 Å². The molecule has 0 atom stereocenters. The molecule has 0 saturated carbocycles. The molecule has 0 spiro atoms. The maximum absolute atomic E-state index is 8.54. The van der Waals surface area contributed by atoms with Crippen molar-refractivity contribution in [2.24, 2.45) is 0 Å². The molecule has 0 saturated heterocycles. The lowest BCUT2D eigenvalue weighted by molar-refractivity contribution is 0.282. The molecule has 0 fully saturated rings. The molecule has 0 aliphatic carbocycles. The third-order valence-electron chi connectivity index (χ3n) is 2.26. The Bertz CT molecular complexity index is 61.5. The van der Waals surface area contributed by atoms with Crippen molar-refractivity contribution in [1.29, 1.82) is 0 Å². The van der Waals surface area contributed by atoms with E-state index in [0.717, 1.165) is 6.42 Å². The van der Waals surface area contributed by atoms with Gasteiger partial charge < -0.3 is 5.11 Å². The van der Waals surface area contributed by atoms with Gasteiger partial charge in [0.2, 0.25) is 0 Å². The summed E-state index contributed by atoms with van der Waals surface area (Å²) in [4.78, 5) is 0. The van der Waals surface area contributed by atoms with E-state index in [-0.39, 0.29) is 7.43 Å². The van der Waals surface area contributed by atoms with Crippen LogP contribution in [0.4, 0.5) is 0 Å². The van der Waals surface area contributed by atoms with Crippen molar-refractivity contribution in [3.63, 3.8) is 0 Å². The van der Waals surface area contributed by atoms with Crippen molar-refractivity contribution < 1.29 is 5.11 Å². The molecule has 1 heteroatoms. The third kappa shape index (κ3) is 14.8. The van der Waals surface area contributed by atoms with Crippen molar-refractivity contribution in [3.8, 4) is 0 Å². The molecule has 0 heterocycles. The molecule has 0 radical (unpaired) electrons. The van der Waals surface area contributed by atoms with E-state index in [4.69, 9.17) is 5.11 Å². The molecule has 0 amide bonds. The van der Waals surface area contributed by atoms with Gasteiger partial charge in [-0.15, -0.1) is 0 Å². The van der Waals surface area contributed by atoms with Crippen LogP contribution < -0.4 is 0 Å². The van der Waals surface area contributed by atoms with E-state index in [1.807, 2.05) is 0 Å². The summed E-state index contributed by atoms with van der Waals surface area (Å²) in [5.74, 6) is 0. The van der Waals surface area contributed by atoms with E-state index in [1.165, 1.54) is 51.4 Å².